The molecule has 3 nitrogen and oxygen atoms in total. The van der Waals surface area contributed by atoms with E-state index in [1.807, 2.05) is 12.1 Å². The van der Waals surface area contributed by atoms with Crippen LogP contribution in [0.5, 0.6) is 0 Å². The van der Waals surface area contributed by atoms with Crippen molar-refractivity contribution in [3.63, 3.8) is 0 Å². The van der Waals surface area contributed by atoms with Gasteiger partial charge in [0.05, 0.1) is 10.6 Å². The fourth-order valence-corrected chi connectivity index (χ4v) is 3.84. The summed E-state index contributed by atoms with van der Waals surface area (Å²) in [6.45, 7) is 4.99. The van der Waals surface area contributed by atoms with Crippen LogP contribution in [0.1, 0.15) is 39.5 Å². The molecule has 1 aliphatic rings. The molecule has 1 aliphatic carbocycles. The van der Waals surface area contributed by atoms with Crippen LogP contribution in [0.3, 0.4) is 0 Å². The van der Waals surface area contributed by atoms with Gasteiger partial charge in [-0.25, -0.2) is 8.42 Å². The molecule has 2 atom stereocenters. The molecular formula is C16H25NO2S. The molecule has 0 heterocycles. The predicted molar refractivity (Wildman–Crippen MR) is 83.8 cm³/mol. The van der Waals surface area contributed by atoms with Crippen molar-refractivity contribution in [1.82, 2.24) is 0 Å². The number of hydrogen-bond donors (Lipinski definition) is 1. The summed E-state index contributed by atoms with van der Waals surface area (Å²) in [5.41, 5.74) is 1.01. The van der Waals surface area contributed by atoms with E-state index in [4.69, 9.17) is 0 Å². The second-order valence-corrected chi connectivity index (χ2v) is 8.22. The lowest BCUT2D eigenvalue weighted by Crippen LogP contribution is -2.21. The van der Waals surface area contributed by atoms with Crippen LogP contribution in [0.15, 0.2) is 29.2 Å². The molecule has 0 aliphatic heterocycles. The van der Waals surface area contributed by atoms with Gasteiger partial charge in [0.15, 0.2) is 9.84 Å². The van der Waals surface area contributed by atoms with Crippen molar-refractivity contribution in [2.45, 2.75) is 44.4 Å². The molecule has 1 saturated carbocycles. The van der Waals surface area contributed by atoms with Gasteiger partial charge in [-0.2, -0.15) is 0 Å². The van der Waals surface area contributed by atoms with Gasteiger partial charge in [0.25, 0.3) is 0 Å². The summed E-state index contributed by atoms with van der Waals surface area (Å²) in [4.78, 5) is 0.414. The lowest BCUT2D eigenvalue weighted by Gasteiger charge is -2.27. The predicted octanol–water partition coefficient (Wildman–Crippen LogP) is 3.72. The Labute approximate surface area is 122 Å². The van der Waals surface area contributed by atoms with E-state index in [1.165, 1.54) is 25.7 Å². The minimum absolute atomic E-state index is 0.153. The number of anilines is 1. The Morgan fingerprint density at radius 1 is 1.20 bits per heavy atom. The van der Waals surface area contributed by atoms with E-state index in [1.54, 1.807) is 19.1 Å². The fraction of sp³-hybridized carbons (Fsp3) is 0.625. The average Bonchev–Trinajstić information content (AvgIpc) is 2.46. The Morgan fingerprint density at radius 2 is 1.90 bits per heavy atom. The number of rotatable bonds is 5. The first-order valence-electron chi connectivity index (χ1n) is 7.58. The molecule has 1 aromatic rings. The van der Waals surface area contributed by atoms with E-state index in [0.717, 1.165) is 24.1 Å². The van der Waals surface area contributed by atoms with Gasteiger partial charge in [0.2, 0.25) is 0 Å². The maximum absolute atomic E-state index is 11.7. The van der Waals surface area contributed by atoms with Crippen LogP contribution in [0.2, 0.25) is 0 Å². The van der Waals surface area contributed by atoms with Crippen LogP contribution in [0.4, 0.5) is 5.69 Å². The third kappa shape index (κ3) is 3.98. The normalized spacial score (nSPS) is 23.5. The minimum Gasteiger partial charge on any atom is -0.385 e. The monoisotopic (exact) mass is 295 g/mol. The van der Waals surface area contributed by atoms with Crippen LogP contribution in [0.25, 0.3) is 0 Å². The number of benzene rings is 1. The molecule has 0 bridgehead atoms. The summed E-state index contributed by atoms with van der Waals surface area (Å²) < 4.78 is 23.5. The van der Waals surface area contributed by atoms with Crippen molar-refractivity contribution >= 4 is 15.5 Å². The molecule has 2 unspecified atom stereocenters. The zero-order chi connectivity index (χ0) is 14.6. The average molecular weight is 295 g/mol. The van der Waals surface area contributed by atoms with Gasteiger partial charge in [0.1, 0.15) is 0 Å². The number of sulfone groups is 1. The maximum atomic E-state index is 11.7. The van der Waals surface area contributed by atoms with Gasteiger partial charge < -0.3 is 5.32 Å². The molecule has 1 fully saturated rings. The van der Waals surface area contributed by atoms with Crippen molar-refractivity contribution in [3.8, 4) is 0 Å². The highest BCUT2D eigenvalue weighted by Crippen LogP contribution is 2.28. The zero-order valence-electron chi connectivity index (χ0n) is 12.4. The number of hydrogen-bond acceptors (Lipinski definition) is 3. The topological polar surface area (TPSA) is 46.2 Å². The van der Waals surface area contributed by atoms with Gasteiger partial charge in [-0.3, -0.25) is 0 Å². The first kappa shape index (κ1) is 15.4. The van der Waals surface area contributed by atoms with Gasteiger partial charge in [0, 0.05) is 12.2 Å². The molecule has 0 saturated heterocycles. The third-order valence-corrected chi connectivity index (χ3v) is 5.98. The summed E-state index contributed by atoms with van der Waals surface area (Å²) in [5.74, 6) is 1.74. The highest BCUT2D eigenvalue weighted by atomic mass is 32.2. The molecular weight excluding hydrogens is 270 g/mol. The van der Waals surface area contributed by atoms with E-state index in [0.29, 0.717) is 4.90 Å². The molecule has 2 rings (SSSR count). The van der Waals surface area contributed by atoms with Crippen molar-refractivity contribution in [3.05, 3.63) is 24.3 Å². The Kier molecular flexibility index (Phi) is 5.08. The lowest BCUT2D eigenvalue weighted by molar-refractivity contribution is 0.293. The Hall–Kier alpha value is -1.03. The van der Waals surface area contributed by atoms with Crippen LogP contribution in [-0.4, -0.2) is 20.7 Å². The largest absolute Gasteiger partial charge is 0.385 e. The molecule has 0 radical (unpaired) electrons. The van der Waals surface area contributed by atoms with Crippen molar-refractivity contribution in [1.29, 1.82) is 0 Å². The van der Waals surface area contributed by atoms with Gasteiger partial charge in [-0.15, -0.1) is 0 Å². The lowest BCUT2D eigenvalue weighted by atomic mass is 9.82. The van der Waals surface area contributed by atoms with Gasteiger partial charge in [-0.1, -0.05) is 26.7 Å². The Balaban J connectivity index is 1.91. The minimum atomic E-state index is -3.09. The van der Waals surface area contributed by atoms with Crippen LogP contribution < -0.4 is 5.32 Å². The van der Waals surface area contributed by atoms with Crippen LogP contribution >= 0.6 is 0 Å². The van der Waals surface area contributed by atoms with E-state index in [-0.39, 0.29) is 5.75 Å². The van der Waals surface area contributed by atoms with Crippen molar-refractivity contribution in [2.24, 2.45) is 11.8 Å². The van der Waals surface area contributed by atoms with Crippen molar-refractivity contribution in [2.75, 3.05) is 17.6 Å². The van der Waals surface area contributed by atoms with E-state index in [2.05, 4.69) is 12.2 Å². The molecule has 0 spiro atoms. The smallest absolute Gasteiger partial charge is 0.178 e. The van der Waals surface area contributed by atoms with E-state index < -0.39 is 9.84 Å². The van der Waals surface area contributed by atoms with Crippen molar-refractivity contribution < 1.29 is 8.42 Å². The Bertz CT molecular complexity index is 522. The SMILES string of the molecule is CCS(=O)(=O)c1ccc(NCC2CCCC(C)C2)cc1. The zero-order valence-corrected chi connectivity index (χ0v) is 13.2. The van der Waals surface area contributed by atoms with Crippen LogP contribution in [-0.2, 0) is 9.84 Å². The third-order valence-electron chi connectivity index (χ3n) is 4.23. The summed E-state index contributed by atoms with van der Waals surface area (Å²) in [6.07, 6.45) is 5.30. The summed E-state index contributed by atoms with van der Waals surface area (Å²) in [7, 11) is -3.09. The fourth-order valence-electron chi connectivity index (χ4n) is 2.95. The molecule has 4 heteroatoms. The molecule has 0 amide bonds. The second-order valence-electron chi connectivity index (χ2n) is 5.95. The van der Waals surface area contributed by atoms with E-state index in [9.17, 15) is 8.42 Å². The molecule has 20 heavy (non-hydrogen) atoms. The highest BCUT2D eigenvalue weighted by Gasteiger charge is 2.18. The second kappa shape index (κ2) is 6.61. The molecule has 0 aromatic heterocycles. The van der Waals surface area contributed by atoms with E-state index >= 15 is 0 Å². The first-order chi connectivity index (χ1) is 9.51. The molecule has 1 N–H and O–H groups in total. The Morgan fingerprint density at radius 3 is 2.50 bits per heavy atom. The summed E-state index contributed by atoms with van der Waals surface area (Å²) >= 11 is 0. The quantitative estimate of drug-likeness (QED) is 0.900. The highest BCUT2D eigenvalue weighted by molar-refractivity contribution is 7.91. The maximum Gasteiger partial charge on any atom is 0.178 e. The van der Waals surface area contributed by atoms with Crippen LogP contribution in [0, 0.1) is 11.8 Å². The summed E-state index contributed by atoms with van der Waals surface area (Å²) in [6, 6.07) is 7.14. The first-order valence-corrected chi connectivity index (χ1v) is 9.23. The standard InChI is InChI=1S/C16H25NO2S/c1-3-20(18,19)16-9-7-15(8-10-16)17-12-14-6-4-5-13(2)11-14/h7-10,13-14,17H,3-6,11-12H2,1-2H3. The molecule has 1 aromatic carbocycles. The number of nitrogens with one attached hydrogen (secondary N) is 1. The van der Waals surface area contributed by atoms with Gasteiger partial charge in [-0.05, 0) is 48.9 Å². The summed E-state index contributed by atoms with van der Waals surface area (Å²) in [5, 5.41) is 3.44. The van der Waals surface area contributed by atoms with Gasteiger partial charge >= 0.3 is 0 Å². The molecule has 112 valence electrons.